The molecule has 5 heteroatoms. The quantitative estimate of drug-likeness (QED) is 0.828. The number of nitriles is 1. The normalized spacial score (nSPS) is 14.5. The van der Waals surface area contributed by atoms with E-state index >= 15 is 0 Å². The van der Waals surface area contributed by atoms with E-state index in [1.165, 1.54) is 0 Å². The third-order valence-electron chi connectivity index (χ3n) is 4.45. The second-order valence-corrected chi connectivity index (χ2v) is 6.22. The average molecular weight is 350 g/mol. The van der Waals surface area contributed by atoms with Gasteiger partial charge < -0.3 is 14.4 Å². The van der Waals surface area contributed by atoms with Gasteiger partial charge in [0.2, 0.25) is 0 Å². The highest BCUT2D eigenvalue weighted by Crippen LogP contribution is 2.26. The molecule has 0 aromatic heterocycles. The molecule has 1 saturated heterocycles. The van der Waals surface area contributed by atoms with Crippen molar-refractivity contribution >= 4 is 6.09 Å². The van der Waals surface area contributed by atoms with Crippen LogP contribution in [0.5, 0.6) is 5.75 Å². The molecule has 2 aromatic rings. The van der Waals surface area contributed by atoms with Gasteiger partial charge in [-0.05, 0) is 42.3 Å². The highest BCUT2D eigenvalue weighted by atomic mass is 16.6. The van der Waals surface area contributed by atoms with E-state index in [4.69, 9.17) is 14.7 Å². The maximum Gasteiger partial charge on any atom is 0.409 e. The SMILES string of the molecule is CCOC(=O)N1CCC(Oc2cccc(-c3ccc(C#N)cc3)c2)CC1. The first-order valence-corrected chi connectivity index (χ1v) is 8.88. The molecule has 26 heavy (non-hydrogen) atoms. The van der Waals surface area contributed by atoms with Crippen molar-refractivity contribution in [3.05, 3.63) is 54.1 Å². The van der Waals surface area contributed by atoms with E-state index in [0.717, 1.165) is 29.7 Å². The molecule has 134 valence electrons. The van der Waals surface area contributed by atoms with Gasteiger partial charge in [0, 0.05) is 25.9 Å². The topological polar surface area (TPSA) is 62.6 Å². The van der Waals surface area contributed by atoms with Crippen molar-refractivity contribution in [1.29, 1.82) is 5.26 Å². The van der Waals surface area contributed by atoms with Crippen LogP contribution < -0.4 is 4.74 Å². The Labute approximate surface area is 153 Å². The molecule has 3 rings (SSSR count). The molecule has 0 aliphatic carbocycles. The summed E-state index contributed by atoms with van der Waals surface area (Å²) in [6.07, 6.45) is 1.44. The van der Waals surface area contributed by atoms with Gasteiger partial charge in [-0.2, -0.15) is 5.26 Å². The highest BCUT2D eigenvalue weighted by molar-refractivity contribution is 5.67. The number of ether oxygens (including phenoxy) is 2. The molecule has 0 bridgehead atoms. The summed E-state index contributed by atoms with van der Waals surface area (Å²) in [4.78, 5) is 13.5. The number of nitrogens with zero attached hydrogens (tertiary/aromatic N) is 2. The maximum atomic E-state index is 11.8. The number of hydrogen-bond acceptors (Lipinski definition) is 4. The molecule has 0 spiro atoms. The Bertz CT molecular complexity index is 788. The molecule has 1 amide bonds. The zero-order chi connectivity index (χ0) is 18.4. The van der Waals surface area contributed by atoms with Crippen LogP contribution in [0, 0.1) is 11.3 Å². The molecule has 5 nitrogen and oxygen atoms in total. The molecule has 0 saturated carbocycles. The van der Waals surface area contributed by atoms with Gasteiger partial charge in [0.1, 0.15) is 11.9 Å². The maximum absolute atomic E-state index is 11.8. The van der Waals surface area contributed by atoms with E-state index in [0.29, 0.717) is 25.3 Å². The first kappa shape index (κ1) is 17.8. The highest BCUT2D eigenvalue weighted by Gasteiger charge is 2.24. The third kappa shape index (κ3) is 4.34. The number of carbonyl (C=O) groups is 1. The van der Waals surface area contributed by atoms with Crippen LogP contribution in [0.15, 0.2) is 48.5 Å². The van der Waals surface area contributed by atoms with Crippen molar-refractivity contribution in [2.45, 2.75) is 25.9 Å². The minimum Gasteiger partial charge on any atom is -0.490 e. The Morgan fingerprint density at radius 2 is 1.88 bits per heavy atom. The van der Waals surface area contributed by atoms with Gasteiger partial charge in [0.05, 0.1) is 18.2 Å². The van der Waals surface area contributed by atoms with Crippen LogP contribution in [0.4, 0.5) is 4.79 Å². The fourth-order valence-electron chi connectivity index (χ4n) is 3.05. The van der Waals surface area contributed by atoms with Gasteiger partial charge in [0.15, 0.2) is 0 Å². The van der Waals surface area contributed by atoms with Crippen molar-refractivity contribution in [2.75, 3.05) is 19.7 Å². The number of hydrogen-bond donors (Lipinski definition) is 0. The second-order valence-electron chi connectivity index (χ2n) is 6.22. The van der Waals surface area contributed by atoms with Crippen LogP contribution in [0.2, 0.25) is 0 Å². The predicted octanol–water partition coefficient (Wildman–Crippen LogP) is 4.22. The van der Waals surface area contributed by atoms with Crippen molar-refractivity contribution in [2.24, 2.45) is 0 Å². The number of rotatable bonds is 4. The van der Waals surface area contributed by atoms with E-state index in [-0.39, 0.29) is 12.2 Å². The van der Waals surface area contributed by atoms with Gasteiger partial charge in [-0.25, -0.2) is 4.79 Å². The van der Waals surface area contributed by atoms with Gasteiger partial charge in [-0.15, -0.1) is 0 Å². The molecule has 1 fully saturated rings. The molecule has 0 radical (unpaired) electrons. The van der Waals surface area contributed by atoms with Crippen LogP contribution >= 0.6 is 0 Å². The van der Waals surface area contributed by atoms with E-state index in [9.17, 15) is 4.79 Å². The fourth-order valence-corrected chi connectivity index (χ4v) is 3.05. The molecule has 1 heterocycles. The Hall–Kier alpha value is -3.00. The van der Waals surface area contributed by atoms with Crippen LogP contribution in [-0.4, -0.2) is 36.8 Å². The lowest BCUT2D eigenvalue weighted by molar-refractivity contribution is 0.0703. The third-order valence-corrected chi connectivity index (χ3v) is 4.45. The Morgan fingerprint density at radius 3 is 2.54 bits per heavy atom. The number of benzene rings is 2. The monoisotopic (exact) mass is 350 g/mol. The Balaban J connectivity index is 1.61. The molecule has 1 aliphatic heterocycles. The lowest BCUT2D eigenvalue weighted by Gasteiger charge is -2.31. The zero-order valence-corrected chi connectivity index (χ0v) is 14.9. The molecular weight excluding hydrogens is 328 g/mol. The summed E-state index contributed by atoms with van der Waals surface area (Å²) in [5, 5.41) is 8.91. The Morgan fingerprint density at radius 1 is 1.15 bits per heavy atom. The summed E-state index contributed by atoms with van der Waals surface area (Å²) in [7, 11) is 0. The van der Waals surface area contributed by atoms with Gasteiger partial charge in [-0.3, -0.25) is 0 Å². The largest absolute Gasteiger partial charge is 0.490 e. The van der Waals surface area contributed by atoms with Gasteiger partial charge in [-0.1, -0.05) is 24.3 Å². The molecule has 2 aromatic carbocycles. The first-order chi connectivity index (χ1) is 12.7. The summed E-state index contributed by atoms with van der Waals surface area (Å²) in [6.45, 7) is 3.52. The summed E-state index contributed by atoms with van der Waals surface area (Å²) < 4.78 is 11.2. The fraction of sp³-hybridized carbons (Fsp3) is 0.333. The molecule has 0 unspecified atom stereocenters. The molecular formula is C21H22N2O3. The number of carbonyl (C=O) groups excluding carboxylic acids is 1. The summed E-state index contributed by atoms with van der Waals surface area (Å²) in [5.74, 6) is 0.821. The van der Waals surface area contributed by atoms with Crippen LogP contribution in [-0.2, 0) is 4.74 Å². The lowest BCUT2D eigenvalue weighted by atomic mass is 10.0. The number of amides is 1. The van der Waals surface area contributed by atoms with Crippen LogP contribution in [0.25, 0.3) is 11.1 Å². The second kappa shape index (κ2) is 8.39. The van der Waals surface area contributed by atoms with Crippen molar-refractivity contribution in [1.82, 2.24) is 4.90 Å². The lowest BCUT2D eigenvalue weighted by Crippen LogP contribution is -2.42. The summed E-state index contributed by atoms with van der Waals surface area (Å²) in [6, 6.07) is 17.6. The van der Waals surface area contributed by atoms with E-state index in [2.05, 4.69) is 6.07 Å². The Kier molecular flexibility index (Phi) is 5.75. The molecule has 1 aliphatic rings. The van der Waals surface area contributed by atoms with Gasteiger partial charge in [0.25, 0.3) is 0 Å². The minimum atomic E-state index is -0.242. The summed E-state index contributed by atoms with van der Waals surface area (Å²) >= 11 is 0. The van der Waals surface area contributed by atoms with Crippen LogP contribution in [0.3, 0.4) is 0 Å². The number of piperidine rings is 1. The number of likely N-dealkylation sites (tertiary alicyclic amines) is 1. The van der Waals surface area contributed by atoms with E-state index in [1.807, 2.05) is 55.5 Å². The first-order valence-electron chi connectivity index (χ1n) is 8.88. The van der Waals surface area contributed by atoms with E-state index < -0.39 is 0 Å². The van der Waals surface area contributed by atoms with Crippen molar-refractivity contribution in [3.63, 3.8) is 0 Å². The van der Waals surface area contributed by atoms with Crippen molar-refractivity contribution in [3.8, 4) is 22.9 Å². The predicted molar refractivity (Wildman–Crippen MR) is 98.8 cm³/mol. The average Bonchev–Trinajstić information content (AvgIpc) is 2.69. The standard InChI is InChI=1S/C21H22N2O3/c1-2-25-21(24)23-12-10-19(11-13-23)26-20-5-3-4-18(14-20)17-8-6-16(15-22)7-9-17/h3-9,14,19H,2,10-13H2,1H3. The minimum absolute atomic E-state index is 0.0943. The van der Waals surface area contributed by atoms with Crippen LogP contribution in [0.1, 0.15) is 25.3 Å². The van der Waals surface area contributed by atoms with E-state index in [1.54, 1.807) is 4.90 Å². The molecule has 0 N–H and O–H groups in total. The summed E-state index contributed by atoms with van der Waals surface area (Å²) in [5.41, 5.74) is 2.75. The van der Waals surface area contributed by atoms with Gasteiger partial charge >= 0.3 is 6.09 Å². The zero-order valence-electron chi connectivity index (χ0n) is 14.9. The molecule has 0 atom stereocenters. The van der Waals surface area contributed by atoms with Crippen molar-refractivity contribution < 1.29 is 14.3 Å². The smallest absolute Gasteiger partial charge is 0.409 e.